The summed E-state index contributed by atoms with van der Waals surface area (Å²) in [5, 5.41) is 3.16. The Morgan fingerprint density at radius 2 is 2.00 bits per heavy atom. The molecule has 1 aromatic heterocycles. The van der Waals surface area contributed by atoms with E-state index in [-0.39, 0.29) is 5.92 Å². The first kappa shape index (κ1) is 9.41. The third kappa shape index (κ3) is 1.85. The minimum absolute atomic E-state index is 0.267. The lowest BCUT2D eigenvalue weighted by Crippen LogP contribution is -1.86. The molecule has 0 bridgehead atoms. The number of rotatable bonds is 2. The van der Waals surface area contributed by atoms with Crippen LogP contribution in [0.2, 0.25) is 0 Å². The summed E-state index contributed by atoms with van der Waals surface area (Å²) in [6.45, 7) is 6.02. The number of thiazole rings is 1. The van der Waals surface area contributed by atoms with Gasteiger partial charge >= 0.3 is 0 Å². The molecular weight excluding hydrogens is 190 g/mol. The fraction of sp³-hybridized carbons (Fsp3) is 0.167. The monoisotopic (exact) mass is 202 g/mol. The Morgan fingerprint density at radius 1 is 1.29 bits per heavy atom. The molecular formula is C12H12NS. The summed E-state index contributed by atoms with van der Waals surface area (Å²) in [5.41, 5.74) is 2.26. The SMILES string of the molecule is [CH2]C(C)c1csc(-c2ccccc2)n1. The van der Waals surface area contributed by atoms with Gasteiger partial charge in [-0.2, -0.15) is 0 Å². The van der Waals surface area contributed by atoms with E-state index in [1.807, 2.05) is 18.2 Å². The van der Waals surface area contributed by atoms with E-state index in [9.17, 15) is 0 Å². The van der Waals surface area contributed by atoms with Crippen molar-refractivity contribution < 1.29 is 0 Å². The molecule has 1 nitrogen and oxygen atoms in total. The van der Waals surface area contributed by atoms with Gasteiger partial charge in [0.25, 0.3) is 0 Å². The number of hydrogen-bond donors (Lipinski definition) is 0. The van der Waals surface area contributed by atoms with Gasteiger partial charge in [0.15, 0.2) is 0 Å². The fourth-order valence-corrected chi connectivity index (χ4v) is 2.17. The molecule has 0 N–H and O–H groups in total. The van der Waals surface area contributed by atoms with Gasteiger partial charge in [0.1, 0.15) is 5.01 Å². The van der Waals surface area contributed by atoms with Crippen LogP contribution in [0.15, 0.2) is 35.7 Å². The van der Waals surface area contributed by atoms with Crippen LogP contribution in [-0.4, -0.2) is 4.98 Å². The van der Waals surface area contributed by atoms with E-state index in [0.717, 1.165) is 10.7 Å². The quantitative estimate of drug-likeness (QED) is 0.722. The van der Waals surface area contributed by atoms with E-state index in [2.05, 4.69) is 36.3 Å². The molecule has 1 radical (unpaired) electrons. The van der Waals surface area contributed by atoms with Gasteiger partial charge in [0.05, 0.1) is 5.69 Å². The molecule has 1 heterocycles. The Bertz CT molecular complexity index is 403. The molecule has 0 aliphatic rings. The van der Waals surface area contributed by atoms with Crippen LogP contribution in [0.4, 0.5) is 0 Å². The van der Waals surface area contributed by atoms with Crippen molar-refractivity contribution in [1.82, 2.24) is 4.98 Å². The first-order chi connectivity index (χ1) is 6.77. The molecule has 0 fully saturated rings. The van der Waals surface area contributed by atoms with Crippen LogP contribution in [0, 0.1) is 6.92 Å². The third-order valence-corrected chi connectivity index (χ3v) is 2.96. The second kappa shape index (κ2) is 3.93. The minimum Gasteiger partial charge on any atom is -0.241 e. The maximum Gasteiger partial charge on any atom is 0.123 e. The maximum absolute atomic E-state index is 4.54. The van der Waals surface area contributed by atoms with Crippen molar-refractivity contribution in [2.24, 2.45) is 0 Å². The zero-order valence-corrected chi connectivity index (χ0v) is 8.92. The molecule has 1 atom stereocenters. The summed E-state index contributed by atoms with van der Waals surface area (Å²) < 4.78 is 0. The smallest absolute Gasteiger partial charge is 0.123 e. The molecule has 0 saturated heterocycles. The second-order valence-electron chi connectivity index (χ2n) is 3.34. The van der Waals surface area contributed by atoms with Crippen LogP contribution < -0.4 is 0 Å². The van der Waals surface area contributed by atoms with Crippen molar-refractivity contribution in [3.05, 3.63) is 48.3 Å². The molecule has 0 saturated carbocycles. The van der Waals surface area contributed by atoms with E-state index in [1.54, 1.807) is 11.3 Å². The van der Waals surface area contributed by atoms with Crippen LogP contribution >= 0.6 is 11.3 Å². The van der Waals surface area contributed by atoms with Crippen molar-refractivity contribution in [2.45, 2.75) is 12.8 Å². The number of aromatic nitrogens is 1. The Kier molecular flexibility index (Phi) is 2.64. The highest BCUT2D eigenvalue weighted by Crippen LogP contribution is 2.26. The van der Waals surface area contributed by atoms with E-state index in [4.69, 9.17) is 0 Å². The molecule has 1 aromatic carbocycles. The third-order valence-electron chi connectivity index (χ3n) is 2.05. The van der Waals surface area contributed by atoms with E-state index >= 15 is 0 Å². The van der Waals surface area contributed by atoms with Crippen molar-refractivity contribution in [2.75, 3.05) is 0 Å². The van der Waals surface area contributed by atoms with Crippen LogP contribution in [0.1, 0.15) is 18.5 Å². The predicted octanol–water partition coefficient (Wildman–Crippen LogP) is 3.75. The van der Waals surface area contributed by atoms with E-state index in [0.29, 0.717) is 0 Å². The number of benzene rings is 1. The topological polar surface area (TPSA) is 12.9 Å². The molecule has 0 amide bonds. The van der Waals surface area contributed by atoms with Gasteiger partial charge in [-0.3, -0.25) is 0 Å². The van der Waals surface area contributed by atoms with Gasteiger partial charge < -0.3 is 0 Å². The molecule has 2 aromatic rings. The Morgan fingerprint density at radius 3 is 2.57 bits per heavy atom. The summed E-state index contributed by atoms with van der Waals surface area (Å²) in [7, 11) is 0. The van der Waals surface area contributed by atoms with Gasteiger partial charge in [-0.1, -0.05) is 37.3 Å². The lowest BCUT2D eigenvalue weighted by molar-refractivity contribution is 0.920. The number of nitrogens with zero attached hydrogens (tertiary/aromatic N) is 1. The first-order valence-electron chi connectivity index (χ1n) is 4.61. The summed E-state index contributed by atoms with van der Waals surface area (Å²) in [4.78, 5) is 4.54. The summed E-state index contributed by atoms with van der Waals surface area (Å²) in [5.74, 6) is 0.267. The summed E-state index contributed by atoms with van der Waals surface area (Å²) in [6.07, 6.45) is 0. The first-order valence-corrected chi connectivity index (χ1v) is 5.49. The molecule has 0 aliphatic carbocycles. The maximum atomic E-state index is 4.54. The molecule has 2 heteroatoms. The molecule has 14 heavy (non-hydrogen) atoms. The van der Waals surface area contributed by atoms with Crippen LogP contribution in [-0.2, 0) is 0 Å². The highest BCUT2D eigenvalue weighted by Gasteiger charge is 2.06. The zero-order valence-electron chi connectivity index (χ0n) is 8.10. The standard InChI is InChI=1S/C12H12NS/c1-9(2)11-8-14-12(13-11)10-6-4-3-5-7-10/h3-9H,1H2,2H3. The average Bonchev–Trinajstić information content (AvgIpc) is 2.68. The van der Waals surface area contributed by atoms with Gasteiger partial charge in [0.2, 0.25) is 0 Å². The highest BCUT2D eigenvalue weighted by molar-refractivity contribution is 7.13. The van der Waals surface area contributed by atoms with Gasteiger partial charge in [-0.25, -0.2) is 4.98 Å². The number of hydrogen-bond acceptors (Lipinski definition) is 2. The highest BCUT2D eigenvalue weighted by atomic mass is 32.1. The molecule has 2 rings (SSSR count). The molecule has 0 spiro atoms. The summed E-state index contributed by atoms with van der Waals surface area (Å²) >= 11 is 1.68. The van der Waals surface area contributed by atoms with Crippen molar-refractivity contribution in [1.29, 1.82) is 0 Å². The van der Waals surface area contributed by atoms with Crippen LogP contribution in [0.3, 0.4) is 0 Å². The Labute approximate surface area is 88.4 Å². The van der Waals surface area contributed by atoms with E-state index < -0.39 is 0 Å². The molecule has 1 unspecified atom stereocenters. The largest absolute Gasteiger partial charge is 0.241 e. The second-order valence-corrected chi connectivity index (χ2v) is 4.20. The minimum atomic E-state index is 0.267. The predicted molar refractivity (Wildman–Crippen MR) is 61.3 cm³/mol. The molecule has 0 aliphatic heterocycles. The van der Waals surface area contributed by atoms with Crippen molar-refractivity contribution in [3.63, 3.8) is 0 Å². The zero-order chi connectivity index (χ0) is 9.97. The Balaban J connectivity index is 2.34. The van der Waals surface area contributed by atoms with Crippen LogP contribution in [0.5, 0.6) is 0 Å². The van der Waals surface area contributed by atoms with Crippen molar-refractivity contribution >= 4 is 11.3 Å². The normalized spacial score (nSPS) is 10.8. The lowest BCUT2D eigenvalue weighted by atomic mass is 10.1. The molecule has 71 valence electrons. The van der Waals surface area contributed by atoms with Gasteiger partial charge in [-0.05, 0) is 12.8 Å². The Hall–Kier alpha value is -1.15. The summed E-state index contributed by atoms with van der Waals surface area (Å²) in [6, 6.07) is 10.2. The fourth-order valence-electron chi connectivity index (χ4n) is 1.23. The van der Waals surface area contributed by atoms with E-state index in [1.165, 1.54) is 5.56 Å². The van der Waals surface area contributed by atoms with Crippen molar-refractivity contribution in [3.8, 4) is 10.6 Å². The lowest BCUT2D eigenvalue weighted by Gasteiger charge is -1.97. The van der Waals surface area contributed by atoms with Gasteiger partial charge in [0, 0.05) is 10.9 Å². The van der Waals surface area contributed by atoms with Gasteiger partial charge in [-0.15, -0.1) is 11.3 Å². The van der Waals surface area contributed by atoms with Crippen LogP contribution in [0.25, 0.3) is 10.6 Å². The average molecular weight is 202 g/mol.